The van der Waals surface area contributed by atoms with Crippen LogP contribution >= 0.6 is 0 Å². The molecular formula is C56H36N2. The number of aromatic nitrogens is 2. The first-order valence-corrected chi connectivity index (χ1v) is 20.0. The van der Waals surface area contributed by atoms with Gasteiger partial charge in [-0.15, -0.1) is 0 Å². The number of rotatable bonds is 5. The zero-order valence-corrected chi connectivity index (χ0v) is 31.7. The van der Waals surface area contributed by atoms with Crippen molar-refractivity contribution in [1.82, 2.24) is 9.13 Å². The van der Waals surface area contributed by atoms with Crippen molar-refractivity contribution in [3.63, 3.8) is 0 Å². The first kappa shape index (κ1) is 32.6. The predicted molar refractivity (Wildman–Crippen MR) is 246 cm³/mol. The van der Waals surface area contributed by atoms with Crippen molar-refractivity contribution in [2.24, 2.45) is 0 Å². The molecule has 0 fully saturated rings. The van der Waals surface area contributed by atoms with Crippen LogP contribution in [0.3, 0.4) is 0 Å². The first-order chi connectivity index (χ1) is 28.7. The number of hydrogen-bond donors (Lipinski definition) is 0. The summed E-state index contributed by atoms with van der Waals surface area (Å²) in [5.41, 5.74) is 14.4. The summed E-state index contributed by atoms with van der Waals surface area (Å²) in [7, 11) is 0. The van der Waals surface area contributed by atoms with E-state index >= 15 is 0 Å². The summed E-state index contributed by atoms with van der Waals surface area (Å²) in [5.74, 6) is 0. The third-order valence-corrected chi connectivity index (χ3v) is 12.1. The maximum atomic E-state index is 2.40. The number of fused-ring (bicyclic) bond motifs is 8. The Kier molecular flexibility index (Phi) is 7.26. The summed E-state index contributed by atoms with van der Waals surface area (Å²) < 4.78 is 4.81. The fourth-order valence-electron chi connectivity index (χ4n) is 9.20. The maximum Gasteiger partial charge on any atom is 0.0541 e. The van der Waals surface area contributed by atoms with Gasteiger partial charge in [-0.3, -0.25) is 0 Å². The molecular weight excluding hydrogens is 701 g/mol. The lowest BCUT2D eigenvalue weighted by atomic mass is 10.0. The van der Waals surface area contributed by atoms with Gasteiger partial charge in [0.25, 0.3) is 0 Å². The molecule has 12 rings (SSSR count). The molecule has 0 N–H and O–H groups in total. The van der Waals surface area contributed by atoms with Crippen LogP contribution in [0.15, 0.2) is 218 Å². The van der Waals surface area contributed by atoms with Crippen LogP contribution in [0.4, 0.5) is 0 Å². The SMILES string of the molecule is c1ccc2cc(-c3ccc(-n4c5ccccc5c5cc(-c6ccc7c(c6)c6ccccc6n7-c6ccc(-c7ccc8ccccc8c7)cc6)ccc54)cc3)ccc2c1. The molecule has 0 saturated carbocycles. The van der Waals surface area contributed by atoms with Crippen LogP contribution in [-0.4, -0.2) is 9.13 Å². The number of nitrogens with zero attached hydrogens (tertiary/aromatic N) is 2. The molecule has 0 radical (unpaired) electrons. The molecule has 2 nitrogen and oxygen atoms in total. The summed E-state index contributed by atoms with van der Waals surface area (Å²) in [6.07, 6.45) is 0. The highest BCUT2D eigenvalue weighted by atomic mass is 15.0. The lowest BCUT2D eigenvalue weighted by molar-refractivity contribution is 1.18. The molecule has 12 aromatic rings. The van der Waals surface area contributed by atoms with Crippen LogP contribution in [0.25, 0.3) is 110 Å². The summed E-state index contributed by atoms with van der Waals surface area (Å²) >= 11 is 0. The van der Waals surface area contributed by atoms with Crippen LogP contribution in [0.1, 0.15) is 0 Å². The second kappa shape index (κ2) is 12.9. The largest absolute Gasteiger partial charge is 0.309 e. The maximum absolute atomic E-state index is 2.40. The van der Waals surface area contributed by atoms with Gasteiger partial charge >= 0.3 is 0 Å². The zero-order chi connectivity index (χ0) is 38.2. The highest BCUT2D eigenvalue weighted by Gasteiger charge is 2.16. The monoisotopic (exact) mass is 736 g/mol. The molecule has 58 heavy (non-hydrogen) atoms. The molecule has 0 bridgehead atoms. The topological polar surface area (TPSA) is 9.86 Å². The van der Waals surface area contributed by atoms with E-state index in [-0.39, 0.29) is 0 Å². The van der Waals surface area contributed by atoms with Crippen molar-refractivity contribution in [3.05, 3.63) is 218 Å². The molecule has 2 aromatic heterocycles. The lowest BCUT2D eigenvalue weighted by Crippen LogP contribution is -1.94. The van der Waals surface area contributed by atoms with Crippen LogP contribution in [0.5, 0.6) is 0 Å². The quantitative estimate of drug-likeness (QED) is 0.167. The zero-order valence-electron chi connectivity index (χ0n) is 31.7. The Morgan fingerprint density at radius 3 is 0.983 bits per heavy atom. The van der Waals surface area contributed by atoms with Gasteiger partial charge < -0.3 is 9.13 Å². The van der Waals surface area contributed by atoms with E-state index in [0.717, 1.165) is 11.4 Å². The normalized spacial score (nSPS) is 11.8. The predicted octanol–water partition coefficient (Wildman–Crippen LogP) is 15.2. The van der Waals surface area contributed by atoms with Gasteiger partial charge in [0.2, 0.25) is 0 Å². The average Bonchev–Trinajstić information content (AvgIpc) is 3.81. The Hall–Kier alpha value is -7.68. The summed E-state index contributed by atoms with van der Waals surface area (Å²) in [4.78, 5) is 0. The van der Waals surface area contributed by atoms with E-state index in [2.05, 4.69) is 228 Å². The molecule has 0 saturated heterocycles. The second-order valence-corrected chi connectivity index (χ2v) is 15.4. The van der Waals surface area contributed by atoms with E-state index < -0.39 is 0 Å². The summed E-state index contributed by atoms with van der Waals surface area (Å²) in [6.45, 7) is 0. The van der Waals surface area contributed by atoms with Crippen molar-refractivity contribution in [3.8, 4) is 44.8 Å². The van der Waals surface area contributed by atoms with Gasteiger partial charge in [-0.25, -0.2) is 0 Å². The fraction of sp³-hybridized carbons (Fsp3) is 0. The van der Waals surface area contributed by atoms with Gasteiger partial charge in [-0.1, -0.05) is 146 Å². The molecule has 0 aliphatic rings. The van der Waals surface area contributed by atoms with E-state index in [0.29, 0.717) is 0 Å². The number of para-hydroxylation sites is 2. The summed E-state index contributed by atoms with van der Waals surface area (Å²) in [6, 6.07) is 80.0. The molecule has 0 aliphatic carbocycles. The lowest BCUT2D eigenvalue weighted by Gasteiger charge is -2.11. The van der Waals surface area contributed by atoms with Crippen molar-refractivity contribution in [2.75, 3.05) is 0 Å². The van der Waals surface area contributed by atoms with Gasteiger partial charge in [-0.2, -0.15) is 0 Å². The molecule has 270 valence electrons. The van der Waals surface area contributed by atoms with Crippen LogP contribution in [0, 0.1) is 0 Å². The van der Waals surface area contributed by atoms with Crippen LogP contribution < -0.4 is 0 Å². The Labute approximate surface area is 336 Å². The van der Waals surface area contributed by atoms with Crippen LogP contribution in [-0.2, 0) is 0 Å². The minimum absolute atomic E-state index is 1.16. The van der Waals surface area contributed by atoms with Crippen molar-refractivity contribution >= 4 is 65.2 Å². The molecule has 10 aromatic carbocycles. The Morgan fingerprint density at radius 1 is 0.207 bits per heavy atom. The van der Waals surface area contributed by atoms with E-state index in [4.69, 9.17) is 0 Å². The number of hydrogen-bond acceptors (Lipinski definition) is 0. The molecule has 0 amide bonds. The first-order valence-electron chi connectivity index (χ1n) is 20.0. The van der Waals surface area contributed by atoms with Gasteiger partial charge in [0.1, 0.15) is 0 Å². The smallest absolute Gasteiger partial charge is 0.0541 e. The van der Waals surface area contributed by atoms with Gasteiger partial charge in [0, 0.05) is 32.9 Å². The minimum atomic E-state index is 1.16. The van der Waals surface area contributed by atoms with E-state index in [1.165, 1.54) is 98.5 Å². The standard InChI is InChI=1S/C56H36N2/c1-3-11-41-33-43(19-17-37(41)9-1)39-21-27-47(28-22-39)57-53-15-7-5-13-49(53)51-35-45(25-31-55(51)57)46-26-32-56-52(36-46)50-14-6-8-16-54(50)58(56)48-29-23-40(24-30-48)44-20-18-38-10-2-4-12-42(38)34-44/h1-36H. The Balaban J connectivity index is 0.925. The average molecular weight is 737 g/mol. The van der Waals surface area contributed by atoms with E-state index in [9.17, 15) is 0 Å². The molecule has 0 atom stereocenters. The van der Waals surface area contributed by atoms with Crippen molar-refractivity contribution in [1.29, 1.82) is 0 Å². The van der Waals surface area contributed by atoms with Crippen molar-refractivity contribution < 1.29 is 0 Å². The molecule has 2 heteroatoms. The summed E-state index contributed by atoms with van der Waals surface area (Å²) in [5, 5.41) is 10.0. The second-order valence-electron chi connectivity index (χ2n) is 15.4. The molecule has 0 unspecified atom stereocenters. The van der Waals surface area contributed by atoms with Gasteiger partial charge in [0.15, 0.2) is 0 Å². The van der Waals surface area contributed by atoms with Gasteiger partial charge in [-0.05, 0) is 128 Å². The third-order valence-electron chi connectivity index (χ3n) is 12.1. The molecule has 0 aliphatic heterocycles. The third kappa shape index (κ3) is 5.19. The molecule has 0 spiro atoms. The van der Waals surface area contributed by atoms with Crippen LogP contribution in [0.2, 0.25) is 0 Å². The highest BCUT2D eigenvalue weighted by Crippen LogP contribution is 2.39. The Morgan fingerprint density at radius 2 is 0.534 bits per heavy atom. The molecule has 2 heterocycles. The highest BCUT2D eigenvalue weighted by molar-refractivity contribution is 6.12. The van der Waals surface area contributed by atoms with E-state index in [1.54, 1.807) is 0 Å². The number of benzene rings is 10. The Bertz CT molecular complexity index is 3310. The fourth-order valence-corrected chi connectivity index (χ4v) is 9.20. The van der Waals surface area contributed by atoms with Gasteiger partial charge in [0.05, 0.1) is 22.1 Å². The van der Waals surface area contributed by atoms with E-state index in [1.807, 2.05) is 0 Å². The minimum Gasteiger partial charge on any atom is -0.309 e. The van der Waals surface area contributed by atoms with Crippen molar-refractivity contribution in [2.45, 2.75) is 0 Å².